The van der Waals surface area contributed by atoms with Crippen LogP contribution in [0.5, 0.6) is 17.2 Å². The topological polar surface area (TPSA) is 121 Å². The molecular formula is C25H28N4O6. The summed E-state index contributed by atoms with van der Waals surface area (Å²) in [4.78, 5) is 36.1. The summed E-state index contributed by atoms with van der Waals surface area (Å²) in [7, 11) is 4.60. The predicted octanol–water partition coefficient (Wildman–Crippen LogP) is 3.31. The first-order chi connectivity index (χ1) is 16.8. The summed E-state index contributed by atoms with van der Waals surface area (Å²) in [6.45, 7) is 1.66. The predicted molar refractivity (Wildman–Crippen MR) is 132 cm³/mol. The summed E-state index contributed by atoms with van der Waals surface area (Å²) in [6.07, 6.45) is 0.546. The average molecular weight is 481 g/mol. The van der Waals surface area contributed by atoms with Crippen LogP contribution in [0.2, 0.25) is 0 Å². The summed E-state index contributed by atoms with van der Waals surface area (Å²) in [5, 5.41) is 9.89. The molecule has 0 unspecified atom stereocenters. The molecule has 10 nitrogen and oxygen atoms in total. The van der Waals surface area contributed by atoms with Gasteiger partial charge in [-0.25, -0.2) is 4.68 Å². The van der Waals surface area contributed by atoms with E-state index < -0.39 is 0 Å². The number of hydrogen-bond acceptors (Lipinski definition) is 7. The van der Waals surface area contributed by atoms with E-state index in [0.29, 0.717) is 40.7 Å². The lowest BCUT2D eigenvalue weighted by Crippen LogP contribution is -2.23. The summed E-state index contributed by atoms with van der Waals surface area (Å²) in [5.41, 5.74) is 2.07. The van der Waals surface area contributed by atoms with Gasteiger partial charge in [0.1, 0.15) is 5.75 Å². The fourth-order valence-corrected chi connectivity index (χ4v) is 3.45. The second-order valence-electron chi connectivity index (χ2n) is 7.60. The van der Waals surface area contributed by atoms with E-state index in [-0.39, 0.29) is 30.3 Å². The Hall–Kier alpha value is -4.34. The Kier molecular flexibility index (Phi) is 8.44. The molecular weight excluding hydrogens is 452 g/mol. The van der Waals surface area contributed by atoms with E-state index >= 15 is 0 Å². The van der Waals surface area contributed by atoms with Crippen LogP contribution in [0.3, 0.4) is 0 Å². The number of anilines is 2. The quantitative estimate of drug-likeness (QED) is 0.457. The smallest absolute Gasteiger partial charge is 0.266 e. The number of methoxy groups -OCH3 is 3. The fraction of sp³-hybridized carbons (Fsp3) is 0.280. The van der Waals surface area contributed by atoms with Crippen molar-refractivity contribution in [3.05, 3.63) is 58.9 Å². The van der Waals surface area contributed by atoms with Gasteiger partial charge < -0.3 is 24.8 Å². The van der Waals surface area contributed by atoms with Gasteiger partial charge in [-0.15, -0.1) is 0 Å². The Balaban J connectivity index is 1.66. The zero-order valence-corrected chi connectivity index (χ0v) is 20.1. The molecule has 0 atom stereocenters. The highest BCUT2D eigenvalue weighted by molar-refractivity contribution is 5.94. The number of aromatic nitrogens is 2. The van der Waals surface area contributed by atoms with E-state index in [1.165, 1.54) is 24.8 Å². The van der Waals surface area contributed by atoms with E-state index in [1.54, 1.807) is 50.6 Å². The molecule has 0 radical (unpaired) electrons. The van der Waals surface area contributed by atoms with Crippen molar-refractivity contribution in [1.29, 1.82) is 0 Å². The number of hydrogen-bond donors (Lipinski definition) is 2. The highest BCUT2D eigenvalue weighted by Crippen LogP contribution is 2.31. The van der Waals surface area contributed by atoms with E-state index in [9.17, 15) is 14.4 Å². The summed E-state index contributed by atoms with van der Waals surface area (Å²) < 4.78 is 17.2. The van der Waals surface area contributed by atoms with Gasteiger partial charge in [-0.1, -0.05) is 0 Å². The van der Waals surface area contributed by atoms with Gasteiger partial charge in [-0.05, 0) is 48.9 Å². The molecule has 3 rings (SSSR count). The number of ether oxygens (including phenoxy) is 3. The Morgan fingerprint density at radius 3 is 2.29 bits per heavy atom. The lowest BCUT2D eigenvalue weighted by atomic mass is 10.1. The fourth-order valence-electron chi connectivity index (χ4n) is 3.45. The standard InChI is InChI=1S/C25H28N4O6/c1-16(30)26-18-8-11-21(33-2)20(15-18)27-24(31)6-5-13-29-25(32)12-9-19(28-29)17-7-10-22(34-3)23(14-17)35-4/h7-12,14-15H,5-6,13H2,1-4H3,(H,26,30)(H,27,31). The summed E-state index contributed by atoms with van der Waals surface area (Å²) in [6, 6.07) is 13.4. The molecule has 2 aromatic carbocycles. The molecule has 184 valence electrons. The highest BCUT2D eigenvalue weighted by Gasteiger charge is 2.11. The second kappa shape index (κ2) is 11.7. The average Bonchev–Trinajstić information content (AvgIpc) is 2.84. The number of carbonyl (C=O) groups is 2. The minimum Gasteiger partial charge on any atom is -0.495 e. The van der Waals surface area contributed by atoms with Gasteiger partial charge in [0.2, 0.25) is 11.8 Å². The largest absolute Gasteiger partial charge is 0.495 e. The van der Waals surface area contributed by atoms with Crippen molar-refractivity contribution in [1.82, 2.24) is 9.78 Å². The van der Waals surface area contributed by atoms with Gasteiger partial charge >= 0.3 is 0 Å². The maximum Gasteiger partial charge on any atom is 0.266 e. The number of amides is 2. The van der Waals surface area contributed by atoms with Crippen LogP contribution in [0.15, 0.2) is 53.3 Å². The van der Waals surface area contributed by atoms with E-state index in [2.05, 4.69) is 15.7 Å². The summed E-state index contributed by atoms with van der Waals surface area (Å²) in [5.74, 6) is 1.13. The van der Waals surface area contributed by atoms with Crippen LogP contribution < -0.4 is 30.4 Å². The Bertz CT molecular complexity index is 1270. The van der Waals surface area contributed by atoms with Crippen molar-refractivity contribution in [2.24, 2.45) is 0 Å². The first kappa shape index (κ1) is 25.3. The molecule has 2 amide bonds. The van der Waals surface area contributed by atoms with Gasteiger partial charge in [-0.2, -0.15) is 5.10 Å². The third kappa shape index (κ3) is 6.59. The number of nitrogens with zero attached hydrogens (tertiary/aromatic N) is 2. The third-order valence-electron chi connectivity index (χ3n) is 5.11. The van der Waals surface area contributed by atoms with Crippen LogP contribution in [0, 0.1) is 0 Å². The van der Waals surface area contributed by atoms with Crippen molar-refractivity contribution in [2.75, 3.05) is 32.0 Å². The van der Waals surface area contributed by atoms with Gasteiger partial charge in [0.15, 0.2) is 11.5 Å². The molecule has 0 saturated heterocycles. The molecule has 10 heteroatoms. The van der Waals surface area contributed by atoms with Crippen LogP contribution in [-0.4, -0.2) is 42.9 Å². The van der Waals surface area contributed by atoms with Crippen molar-refractivity contribution in [3.8, 4) is 28.5 Å². The van der Waals surface area contributed by atoms with Crippen molar-refractivity contribution < 1.29 is 23.8 Å². The third-order valence-corrected chi connectivity index (χ3v) is 5.11. The normalized spacial score (nSPS) is 10.4. The van der Waals surface area contributed by atoms with E-state index in [4.69, 9.17) is 14.2 Å². The number of rotatable bonds is 10. The lowest BCUT2D eigenvalue weighted by Gasteiger charge is -2.13. The molecule has 3 aromatic rings. The second-order valence-corrected chi connectivity index (χ2v) is 7.60. The Morgan fingerprint density at radius 2 is 1.60 bits per heavy atom. The van der Waals surface area contributed by atoms with E-state index in [1.807, 2.05) is 6.07 Å². The Morgan fingerprint density at radius 1 is 0.886 bits per heavy atom. The molecule has 0 spiro atoms. The van der Waals surface area contributed by atoms with Gasteiger partial charge in [0.25, 0.3) is 5.56 Å². The van der Waals surface area contributed by atoms with Crippen molar-refractivity contribution in [3.63, 3.8) is 0 Å². The van der Waals surface area contributed by atoms with Crippen LogP contribution in [-0.2, 0) is 16.1 Å². The number of benzene rings is 2. The van der Waals surface area contributed by atoms with E-state index in [0.717, 1.165) is 5.56 Å². The molecule has 0 aliphatic heterocycles. The minimum atomic E-state index is -0.265. The molecule has 1 aromatic heterocycles. The molecule has 0 saturated carbocycles. The SMILES string of the molecule is COc1ccc(NC(C)=O)cc1NC(=O)CCCn1nc(-c2ccc(OC)c(OC)c2)ccc1=O. The molecule has 1 heterocycles. The van der Waals surface area contributed by atoms with Gasteiger partial charge in [0, 0.05) is 37.2 Å². The molecule has 0 aliphatic rings. The molecule has 0 fully saturated rings. The zero-order chi connectivity index (χ0) is 25.4. The maximum absolute atomic E-state index is 12.5. The minimum absolute atomic E-state index is 0.155. The maximum atomic E-state index is 12.5. The van der Waals surface area contributed by atoms with Crippen LogP contribution in [0.25, 0.3) is 11.3 Å². The monoisotopic (exact) mass is 480 g/mol. The molecule has 0 aliphatic carbocycles. The lowest BCUT2D eigenvalue weighted by molar-refractivity contribution is -0.116. The first-order valence-electron chi connectivity index (χ1n) is 10.9. The van der Waals surface area contributed by atoms with Crippen molar-refractivity contribution in [2.45, 2.75) is 26.3 Å². The number of nitrogens with one attached hydrogen (secondary N) is 2. The van der Waals surface area contributed by atoms with Crippen LogP contribution >= 0.6 is 0 Å². The van der Waals surface area contributed by atoms with Crippen molar-refractivity contribution >= 4 is 23.2 Å². The summed E-state index contributed by atoms with van der Waals surface area (Å²) >= 11 is 0. The molecule has 35 heavy (non-hydrogen) atoms. The first-order valence-corrected chi connectivity index (χ1v) is 10.9. The highest BCUT2D eigenvalue weighted by atomic mass is 16.5. The van der Waals surface area contributed by atoms with Crippen LogP contribution in [0.4, 0.5) is 11.4 Å². The number of aryl methyl sites for hydroxylation is 1. The molecule has 2 N–H and O–H groups in total. The van der Waals surface area contributed by atoms with Crippen LogP contribution in [0.1, 0.15) is 19.8 Å². The zero-order valence-electron chi connectivity index (χ0n) is 20.1. The molecule has 0 bridgehead atoms. The number of carbonyl (C=O) groups excluding carboxylic acids is 2. The van der Waals surface area contributed by atoms with Gasteiger partial charge in [0.05, 0.1) is 32.7 Å². The Labute approximate surface area is 202 Å². The van der Waals surface area contributed by atoms with Gasteiger partial charge in [-0.3, -0.25) is 14.4 Å².